The molecule has 11 heavy (non-hydrogen) atoms. The lowest BCUT2D eigenvalue weighted by Gasteiger charge is -2.06. The van der Waals surface area contributed by atoms with E-state index in [0.717, 1.165) is 12.4 Å². The second-order valence-corrected chi connectivity index (χ2v) is 3.05. The first-order valence-corrected chi connectivity index (χ1v) is 4.35. The van der Waals surface area contributed by atoms with Gasteiger partial charge < -0.3 is 11.1 Å². The second kappa shape index (κ2) is 6.08. The van der Waals surface area contributed by atoms with Crippen molar-refractivity contribution in [1.29, 1.82) is 0 Å². The van der Waals surface area contributed by atoms with Crippen LogP contribution in [0.4, 0.5) is 0 Å². The zero-order valence-corrected chi connectivity index (χ0v) is 7.91. The third-order valence-electron chi connectivity index (χ3n) is 1.63. The molecule has 0 heterocycles. The van der Waals surface area contributed by atoms with Crippen LogP contribution in [0.3, 0.4) is 0 Å². The largest absolute Gasteiger partial charge is 0.386 e. The molecular weight excluding hydrogens is 136 g/mol. The quantitative estimate of drug-likeness (QED) is 0.597. The van der Waals surface area contributed by atoms with E-state index in [4.69, 9.17) is 5.73 Å². The summed E-state index contributed by atoms with van der Waals surface area (Å²) < 4.78 is 0. The normalized spacial score (nSPS) is 9.36. The molecule has 0 rings (SSSR count). The van der Waals surface area contributed by atoms with Gasteiger partial charge in [0.25, 0.3) is 0 Å². The molecule has 0 aliphatic carbocycles. The molecule has 0 aliphatic heterocycles. The molecule has 2 nitrogen and oxygen atoms in total. The van der Waals surface area contributed by atoms with Gasteiger partial charge in [0.1, 0.15) is 0 Å². The first-order valence-electron chi connectivity index (χ1n) is 4.35. The smallest absolute Gasteiger partial charge is 0.0946 e. The fourth-order valence-electron chi connectivity index (χ4n) is 0.775. The topological polar surface area (TPSA) is 38.0 Å². The minimum Gasteiger partial charge on any atom is -0.386 e. The molecule has 0 aromatic heterocycles. The van der Waals surface area contributed by atoms with Gasteiger partial charge in [-0.1, -0.05) is 19.8 Å². The predicted molar refractivity (Wildman–Crippen MR) is 50.1 cm³/mol. The van der Waals surface area contributed by atoms with Crippen molar-refractivity contribution < 1.29 is 0 Å². The van der Waals surface area contributed by atoms with E-state index in [9.17, 15) is 0 Å². The summed E-state index contributed by atoms with van der Waals surface area (Å²) in [7, 11) is 0. The summed E-state index contributed by atoms with van der Waals surface area (Å²) in [6.45, 7) is 7.24. The molecule has 66 valence electrons. The van der Waals surface area contributed by atoms with Crippen molar-refractivity contribution in [2.75, 3.05) is 6.54 Å². The lowest BCUT2D eigenvalue weighted by Crippen LogP contribution is -2.22. The lowest BCUT2D eigenvalue weighted by molar-refractivity contribution is 0.660. The minimum absolute atomic E-state index is 0.834. The van der Waals surface area contributed by atoms with Gasteiger partial charge >= 0.3 is 0 Å². The Morgan fingerprint density at radius 1 is 1.27 bits per heavy atom. The molecule has 0 saturated heterocycles. The van der Waals surface area contributed by atoms with E-state index in [1.165, 1.54) is 24.8 Å². The highest BCUT2D eigenvalue weighted by Crippen LogP contribution is 1.94. The first-order chi connectivity index (χ1) is 5.18. The van der Waals surface area contributed by atoms with Crippen LogP contribution in [0.1, 0.15) is 40.0 Å². The van der Waals surface area contributed by atoms with Gasteiger partial charge in [0.05, 0.1) is 5.82 Å². The Morgan fingerprint density at radius 2 is 1.91 bits per heavy atom. The third kappa shape index (κ3) is 5.77. The van der Waals surface area contributed by atoms with Crippen molar-refractivity contribution >= 4 is 0 Å². The monoisotopic (exact) mass is 156 g/mol. The number of nitrogens with two attached hydrogens (primary N) is 1. The Morgan fingerprint density at radius 3 is 2.36 bits per heavy atom. The molecule has 0 amide bonds. The Hall–Kier alpha value is -0.660. The van der Waals surface area contributed by atoms with Crippen LogP contribution >= 0.6 is 0 Å². The molecule has 0 atom stereocenters. The van der Waals surface area contributed by atoms with Crippen molar-refractivity contribution in [2.24, 2.45) is 5.73 Å². The number of rotatable bonds is 5. The average molecular weight is 156 g/mol. The molecule has 0 fully saturated rings. The molecule has 0 bridgehead atoms. The summed E-state index contributed by atoms with van der Waals surface area (Å²) in [6, 6.07) is 0. The second-order valence-electron chi connectivity index (χ2n) is 3.05. The molecule has 0 aromatic carbocycles. The zero-order valence-electron chi connectivity index (χ0n) is 7.91. The zero-order chi connectivity index (χ0) is 8.69. The third-order valence-corrected chi connectivity index (χ3v) is 1.63. The summed E-state index contributed by atoms with van der Waals surface area (Å²) in [5.41, 5.74) is 6.84. The van der Waals surface area contributed by atoms with Crippen LogP contribution in [-0.2, 0) is 0 Å². The van der Waals surface area contributed by atoms with Crippen molar-refractivity contribution in [1.82, 2.24) is 5.32 Å². The van der Waals surface area contributed by atoms with E-state index in [1.54, 1.807) is 0 Å². The Bertz CT molecular complexity index is 124. The SMILES string of the molecule is CCCCCNC(N)=C(C)C. The molecule has 2 heteroatoms. The summed E-state index contributed by atoms with van der Waals surface area (Å²) in [6.07, 6.45) is 3.75. The maximum atomic E-state index is 5.67. The van der Waals surface area contributed by atoms with E-state index in [-0.39, 0.29) is 0 Å². The predicted octanol–water partition coefficient (Wildman–Crippen LogP) is 1.98. The number of hydrogen-bond donors (Lipinski definition) is 2. The fraction of sp³-hybridized carbons (Fsp3) is 0.778. The van der Waals surface area contributed by atoms with Gasteiger partial charge in [0, 0.05) is 6.54 Å². The maximum absolute atomic E-state index is 5.67. The molecule has 0 aromatic rings. The van der Waals surface area contributed by atoms with Crippen molar-refractivity contribution in [3.05, 3.63) is 11.4 Å². The van der Waals surface area contributed by atoms with Gasteiger partial charge in [-0.15, -0.1) is 0 Å². The van der Waals surface area contributed by atoms with Gasteiger partial charge in [-0.3, -0.25) is 0 Å². The van der Waals surface area contributed by atoms with Crippen LogP contribution < -0.4 is 11.1 Å². The minimum atomic E-state index is 0.834. The first kappa shape index (κ1) is 10.3. The number of allylic oxidation sites excluding steroid dienone is 1. The van der Waals surface area contributed by atoms with Gasteiger partial charge in [0.15, 0.2) is 0 Å². The van der Waals surface area contributed by atoms with Gasteiger partial charge in [-0.25, -0.2) is 0 Å². The van der Waals surface area contributed by atoms with E-state index < -0.39 is 0 Å². The maximum Gasteiger partial charge on any atom is 0.0946 e. The van der Waals surface area contributed by atoms with Gasteiger partial charge in [-0.2, -0.15) is 0 Å². The fourth-order valence-corrected chi connectivity index (χ4v) is 0.775. The molecule has 0 radical (unpaired) electrons. The van der Waals surface area contributed by atoms with E-state index in [1.807, 2.05) is 13.8 Å². The van der Waals surface area contributed by atoms with Crippen molar-refractivity contribution in [3.63, 3.8) is 0 Å². The highest BCUT2D eigenvalue weighted by molar-refractivity contribution is 5.02. The molecule has 0 spiro atoms. The Kier molecular flexibility index (Phi) is 5.71. The highest BCUT2D eigenvalue weighted by Gasteiger charge is 1.90. The molecule has 3 N–H and O–H groups in total. The molecule has 0 saturated carbocycles. The van der Waals surface area contributed by atoms with E-state index in [0.29, 0.717) is 0 Å². The van der Waals surface area contributed by atoms with Gasteiger partial charge in [-0.05, 0) is 25.8 Å². The van der Waals surface area contributed by atoms with Crippen LogP contribution in [0.2, 0.25) is 0 Å². The van der Waals surface area contributed by atoms with E-state index in [2.05, 4.69) is 12.2 Å². The van der Waals surface area contributed by atoms with Crippen LogP contribution in [0.5, 0.6) is 0 Å². The van der Waals surface area contributed by atoms with Crippen LogP contribution in [0, 0.1) is 0 Å². The summed E-state index contributed by atoms with van der Waals surface area (Å²) in [5.74, 6) is 0.834. The van der Waals surface area contributed by atoms with E-state index >= 15 is 0 Å². The Balaban J connectivity index is 3.32. The van der Waals surface area contributed by atoms with Crippen molar-refractivity contribution in [2.45, 2.75) is 40.0 Å². The summed E-state index contributed by atoms with van der Waals surface area (Å²) in [4.78, 5) is 0. The Labute approximate surface area is 69.9 Å². The molecule has 0 aliphatic rings. The number of nitrogens with one attached hydrogen (secondary N) is 1. The summed E-state index contributed by atoms with van der Waals surface area (Å²) >= 11 is 0. The molecule has 0 unspecified atom stereocenters. The number of unbranched alkanes of at least 4 members (excludes halogenated alkanes) is 2. The lowest BCUT2D eigenvalue weighted by atomic mass is 10.2. The average Bonchev–Trinajstić information content (AvgIpc) is 1.97. The molecular formula is C9H20N2. The van der Waals surface area contributed by atoms with Crippen LogP contribution in [-0.4, -0.2) is 6.54 Å². The summed E-state index contributed by atoms with van der Waals surface area (Å²) in [5, 5.41) is 3.17. The van der Waals surface area contributed by atoms with Crippen molar-refractivity contribution in [3.8, 4) is 0 Å². The standard InChI is InChI=1S/C9H20N2/c1-4-5-6-7-11-9(10)8(2)3/h11H,4-7,10H2,1-3H3. The van der Waals surface area contributed by atoms with Crippen LogP contribution in [0.15, 0.2) is 11.4 Å². The van der Waals surface area contributed by atoms with Gasteiger partial charge in [0.2, 0.25) is 0 Å². The number of hydrogen-bond acceptors (Lipinski definition) is 2. The highest BCUT2D eigenvalue weighted by atomic mass is 15.0. The van der Waals surface area contributed by atoms with Crippen LogP contribution in [0.25, 0.3) is 0 Å².